The van der Waals surface area contributed by atoms with Gasteiger partial charge < -0.3 is 19.3 Å². The summed E-state index contributed by atoms with van der Waals surface area (Å²) >= 11 is 0. The van der Waals surface area contributed by atoms with Crippen molar-refractivity contribution in [3.8, 4) is 11.5 Å². The molecule has 2 aliphatic heterocycles. The minimum absolute atomic E-state index is 0.00515. The van der Waals surface area contributed by atoms with Gasteiger partial charge in [-0.25, -0.2) is 0 Å². The fourth-order valence-electron chi connectivity index (χ4n) is 3.66. The van der Waals surface area contributed by atoms with E-state index >= 15 is 0 Å². The highest BCUT2D eigenvalue weighted by molar-refractivity contribution is 5.83. The molecule has 1 fully saturated rings. The van der Waals surface area contributed by atoms with Crippen LogP contribution in [0.25, 0.3) is 10.9 Å². The van der Waals surface area contributed by atoms with Gasteiger partial charge in [0, 0.05) is 37.3 Å². The molecule has 0 saturated carbocycles. The average molecular weight is 364 g/mol. The van der Waals surface area contributed by atoms with Crippen LogP contribution in [0.4, 0.5) is 5.69 Å². The average Bonchev–Trinajstić information content (AvgIpc) is 3.21. The van der Waals surface area contributed by atoms with Crippen molar-refractivity contribution < 1.29 is 14.3 Å². The summed E-state index contributed by atoms with van der Waals surface area (Å²) in [5.74, 6) is 1.32. The fraction of sp³-hybridized carbons (Fsp3) is 0.300. The number of amides is 1. The molecule has 3 heterocycles. The summed E-state index contributed by atoms with van der Waals surface area (Å²) in [6.07, 6.45) is 1.25. The van der Waals surface area contributed by atoms with Gasteiger partial charge in [0.15, 0.2) is 11.5 Å². The summed E-state index contributed by atoms with van der Waals surface area (Å²) in [4.78, 5) is 17.0. The number of nitrogens with zero attached hydrogens (tertiary/aromatic N) is 3. The molecule has 7 nitrogen and oxygen atoms in total. The zero-order valence-corrected chi connectivity index (χ0v) is 14.8. The van der Waals surface area contributed by atoms with E-state index in [4.69, 9.17) is 9.47 Å². The molecule has 1 saturated heterocycles. The number of anilines is 1. The van der Waals surface area contributed by atoms with E-state index < -0.39 is 6.10 Å². The lowest BCUT2D eigenvalue weighted by atomic mass is 10.2. The van der Waals surface area contributed by atoms with Crippen molar-refractivity contribution in [2.24, 2.45) is 0 Å². The molecule has 1 aromatic heterocycles. The molecule has 7 heteroatoms. The second-order valence-electron chi connectivity index (χ2n) is 6.82. The predicted octanol–water partition coefficient (Wildman–Crippen LogP) is 2.05. The number of carbonyl (C=O) groups excluding carboxylic acids is 1. The molecule has 138 valence electrons. The van der Waals surface area contributed by atoms with E-state index in [1.165, 1.54) is 0 Å². The Morgan fingerprint density at radius 3 is 2.74 bits per heavy atom. The standard InChI is InChI=1S/C20H20N4O3/c25-20(19-13-26-17-3-1-2-4-18(17)27-19)24-9-7-23(8-10-24)15-5-6-16-14(11-15)12-21-22-16/h1-6,11-12,19H,7-10,13H2,(H,21,22). The van der Waals surface area contributed by atoms with Crippen molar-refractivity contribution in [2.45, 2.75) is 6.10 Å². The molecule has 0 spiro atoms. The molecular formula is C20H20N4O3. The molecule has 3 aromatic rings. The monoisotopic (exact) mass is 364 g/mol. The van der Waals surface area contributed by atoms with Gasteiger partial charge in [0.05, 0.1) is 11.7 Å². The van der Waals surface area contributed by atoms with Gasteiger partial charge in [-0.3, -0.25) is 9.89 Å². The van der Waals surface area contributed by atoms with Crippen LogP contribution in [-0.4, -0.2) is 59.9 Å². The number of piperazine rings is 1. The summed E-state index contributed by atoms with van der Waals surface area (Å²) in [7, 11) is 0. The topological polar surface area (TPSA) is 70.7 Å². The molecule has 1 N–H and O–H groups in total. The third-order valence-electron chi connectivity index (χ3n) is 5.16. The fourth-order valence-corrected chi connectivity index (χ4v) is 3.66. The van der Waals surface area contributed by atoms with Crippen molar-refractivity contribution in [2.75, 3.05) is 37.7 Å². The Kier molecular flexibility index (Phi) is 3.85. The van der Waals surface area contributed by atoms with E-state index in [0.29, 0.717) is 24.6 Å². The first-order chi connectivity index (χ1) is 13.3. The number of H-pyrrole nitrogens is 1. The number of carbonyl (C=O) groups is 1. The molecule has 0 radical (unpaired) electrons. The minimum Gasteiger partial charge on any atom is -0.485 e. The number of fused-ring (bicyclic) bond motifs is 2. The first-order valence-electron chi connectivity index (χ1n) is 9.13. The van der Waals surface area contributed by atoms with Crippen LogP contribution in [-0.2, 0) is 4.79 Å². The molecule has 1 unspecified atom stereocenters. The van der Waals surface area contributed by atoms with E-state index in [0.717, 1.165) is 29.7 Å². The second-order valence-corrected chi connectivity index (χ2v) is 6.82. The number of hydrogen-bond acceptors (Lipinski definition) is 5. The van der Waals surface area contributed by atoms with Gasteiger partial charge in [-0.1, -0.05) is 12.1 Å². The van der Waals surface area contributed by atoms with Gasteiger partial charge >= 0.3 is 0 Å². The summed E-state index contributed by atoms with van der Waals surface area (Å²) in [5.41, 5.74) is 2.18. The maximum atomic E-state index is 12.8. The van der Waals surface area contributed by atoms with Crippen LogP contribution in [0, 0.1) is 0 Å². The Morgan fingerprint density at radius 1 is 1.07 bits per heavy atom. The molecule has 27 heavy (non-hydrogen) atoms. The largest absolute Gasteiger partial charge is 0.485 e. The minimum atomic E-state index is -0.575. The van der Waals surface area contributed by atoms with Crippen LogP contribution in [0.2, 0.25) is 0 Å². The van der Waals surface area contributed by atoms with Crippen LogP contribution in [0.3, 0.4) is 0 Å². The molecule has 1 amide bonds. The lowest BCUT2D eigenvalue weighted by Gasteiger charge is -2.38. The highest BCUT2D eigenvalue weighted by atomic mass is 16.6. The van der Waals surface area contributed by atoms with Gasteiger partial charge in [0.2, 0.25) is 6.10 Å². The van der Waals surface area contributed by atoms with E-state index in [1.54, 1.807) is 0 Å². The molecule has 1 atom stereocenters. The summed E-state index contributed by atoms with van der Waals surface area (Å²) < 4.78 is 11.5. The van der Waals surface area contributed by atoms with Crippen LogP contribution < -0.4 is 14.4 Å². The smallest absolute Gasteiger partial charge is 0.267 e. The number of benzene rings is 2. The van der Waals surface area contributed by atoms with Gasteiger partial charge in [0.1, 0.15) is 6.61 Å². The molecule has 5 rings (SSSR count). The number of aromatic amines is 1. The van der Waals surface area contributed by atoms with Gasteiger partial charge in [0.25, 0.3) is 5.91 Å². The van der Waals surface area contributed by atoms with E-state index in [1.807, 2.05) is 41.4 Å². The number of aromatic nitrogens is 2. The maximum Gasteiger partial charge on any atom is 0.267 e. The highest BCUT2D eigenvalue weighted by Crippen LogP contribution is 2.31. The number of nitrogens with one attached hydrogen (secondary N) is 1. The number of hydrogen-bond donors (Lipinski definition) is 1. The third kappa shape index (κ3) is 2.95. The lowest BCUT2D eigenvalue weighted by Crippen LogP contribution is -2.54. The number of para-hydroxylation sites is 2. The SMILES string of the molecule is O=C(C1COc2ccccc2O1)N1CCN(c2ccc3[nH]ncc3c2)CC1. The van der Waals surface area contributed by atoms with E-state index in [-0.39, 0.29) is 12.5 Å². The normalized spacial score (nSPS) is 19.3. The van der Waals surface area contributed by atoms with Crippen LogP contribution >= 0.6 is 0 Å². The second kappa shape index (κ2) is 6.50. The van der Waals surface area contributed by atoms with Gasteiger partial charge in [-0.2, -0.15) is 5.10 Å². The summed E-state index contributed by atoms with van der Waals surface area (Å²) in [5, 5.41) is 8.13. The summed E-state index contributed by atoms with van der Waals surface area (Å²) in [6, 6.07) is 13.7. The highest BCUT2D eigenvalue weighted by Gasteiger charge is 2.32. The number of ether oxygens (including phenoxy) is 2. The third-order valence-corrected chi connectivity index (χ3v) is 5.16. The van der Waals surface area contributed by atoms with E-state index in [2.05, 4.69) is 27.2 Å². The zero-order valence-electron chi connectivity index (χ0n) is 14.8. The van der Waals surface area contributed by atoms with Crippen molar-refractivity contribution in [3.63, 3.8) is 0 Å². The quantitative estimate of drug-likeness (QED) is 0.754. The number of rotatable bonds is 2. The molecule has 2 aromatic carbocycles. The van der Waals surface area contributed by atoms with E-state index in [9.17, 15) is 4.79 Å². The van der Waals surface area contributed by atoms with Crippen LogP contribution in [0.1, 0.15) is 0 Å². The van der Waals surface area contributed by atoms with Crippen molar-refractivity contribution >= 4 is 22.5 Å². The first kappa shape index (κ1) is 16.0. The Labute approximate surface area is 156 Å². The summed E-state index contributed by atoms with van der Waals surface area (Å²) in [6.45, 7) is 3.18. The van der Waals surface area contributed by atoms with Crippen molar-refractivity contribution in [1.82, 2.24) is 15.1 Å². The molecule has 2 aliphatic rings. The van der Waals surface area contributed by atoms with Crippen LogP contribution in [0.15, 0.2) is 48.7 Å². The Balaban J connectivity index is 1.23. The maximum absolute atomic E-state index is 12.8. The first-order valence-corrected chi connectivity index (χ1v) is 9.13. The van der Waals surface area contributed by atoms with Crippen molar-refractivity contribution in [3.05, 3.63) is 48.7 Å². The van der Waals surface area contributed by atoms with Gasteiger partial charge in [-0.05, 0) is 30.3 Å². The molecular weight excluding hydrogens is 344 g/mol. The Morgan fingerprint density at radius 2 is 1.89 bits per heavy atom. The Bertz CT molecular complexity index is 978. The molecule has 0 aliphatic carbocycles. The van der Waals surface area contributed by atoms with Crippen molar-refractivity contribution in [1.29, 1.82) is 0 Å². The Hall–Kier alpha value is -3.22. The zero-order chi connectivity index (χ0) is 18.2. The predicted molar refractivity (Wildman–Crippen MR) is 101 cm³/mol. The van der Waals surface area contributed by atoms with Crippen LogP contribution in [0.5, 0.6) is 11.5 Å². The van der Waals surface area contributed by atoms with Gasteiger partial charge in [-0.15, -0.1) is 0 Å². The molecule has 0 bridgehead atoms. The lowest BCUT2D eigenvalue weighted by molar-refractivity contribution is -0.141.